The maximum absolute atomic E-state index is 9.35. The summed E-state index contributed by atoms with van der Waals surface area (Å²) >= 11 is 12.1. The number of benzene rings is 1. The minimum atomic E-state index is 0.267. The van der Waals surface area contributed by atoms with Crippen LogP contribution in [0.25, 0.3) is 5.69 Å². The molecule has 0 aliphatic rings. The van der Waals surface area contributed by atoms with Crippen LogP contribution in [-0.4, -0.2) is 22.9 Å². The highest BCUT2D eigenvalue weighted by Crippen LogP contribution is 2.31. The van der Waals surface area contributed by atoms with Crippen LogP contribution in [0.4, 0.5) is 11.6 Å². The number of nitrogens with zero attached hydrogens (tertiary/aromatic N) is 4. The Kier molecular flexibility index (Phi) is 4.61. The zero-order valence-corrected chi connectivity index (χ0v) is 13.3. The molecule has 0 amide bonds. The number of nitrogen functional groups attached to an aromatic ring is 1. The molecular formula is C14H15Cl2N5. The molecule has 0 atom stereocenters. The first-order chi connectivity index (χ1) is 10.0. The Morgan fingerprint density at radius 1 is 1.33 bits per heavy atom. The number of aromatic nitrogens is 2. The zero-order valence-electron chi connectivity index (χ0n) is 11.8. The lowest BCUT2D eigenvalue weighted by Gasteiger charge is -2.17. The van der Waals surface area contributed by atoms with E-state index in [9.17, 15) is 5.26 Å². The van der Waals surface area contributed by atoms with E-state index < -0.39 is 0 Å². The molecule has 0 fully saturated rings. The highest BCUT2D eigenvalue weighted by molar-refractivity contribution is 6.35. The third-order valence-corrected chi connectivity index (χ3v) is 3.75. The van der Waals surface area contributed by atoms with Gasteiger partial charge in [0.1, 0.15) is 17.5 Å². The summed E-state index contributed by atoms with van der Waals surface area (Å²) in [4.78, 5) is 1.97. The fourth-order valence-electron chi connectivity index (χ4n) is 2.11. The number of hydrogen-bond donors (Lipinski definition) is 1. The molecule has 2 rings (SSSR count). The van der Waals surface area contributed by atoms with Crippen LogP contribution >= 0.6 is 23.2 Å². The Balaban J connectivity index is 2.63. The molecule has 5 nitrogen and oxygen atoms in total. The fraction of sp³-hybridized carbons (Fsp3) is 0.286. The molecule has 0 aliphatic heterocycles. The molecule has 1 aromatic carbocycles. The molecule has 2 aromatic rings. The lowest BCUT2D eigenvalue weighted by molar-refractivity contribution is 0.809. The van der Waals surface area contributed by atoms with Crippen molar-refractivity contribution in [2.24, 2.45) is 0 Å². The second kappa shape index (κ2) is 6.25. The van der Waals surface area contributed by atoms with Gasteiger partial charge in [-0.1, -0.05) is 23.2 Å². The van der Waals surface area contributed by atoms with Crippen molar-refractivity contribution >= 4 is 34.8 Å². The van der Waals surface area contributed by atoms with Gasteiger partial charge in [0.15, 0.2) is 5.82 Å². The van der Waals surface area contributed by atoms with Gasteiger partial charge in [-0.3, -0.25) is 0 Å². The van der Waals surface area contributed by atoms with Gasteiger partial charge in [0.2, 0.25) is 0 Å². The lowest BCUT2D eigenvalue weighted by Crippen LogP contribution is -2.23. The van der Waals surface area contributed by atoms with Crippen molar-refractivity contribution in [1.29, 1.82) is 5.26 Å². The third-order valence-electron chi connectivity index (χ3n) is 3.22. The van der Waals surface area contributed by atoms with Crippen molar-refractivity contribution in [3.8, 4) is 11.8 Å². The highest BCUT2D eigenvalue weighted by atomic mass is 35.5. The molecule has 0 aliphatic carbocycles. The van der Waals surface area contributed by atoms with Crippen molar-refractivity contribution < 1.29 is 0 Å². The summed E-state index contributed by atoms with van der Waals surface area (Å²) in [6.07, 6.45) is 0. The normalized spacial score (nSPS) is 10.4. The van der Waals surface area contributed by atoms with Gasteiger partial charge in [-0.2, -0.15) is 5.26 Å². The van der Waals surface area contributed by atoms with Crippen LogP contribution in [-0.2, 0) is 0 Å². The van der Waals surface area contributed by atoms with Crippen molar-refractivity contribution in [2.75, 3.05) is 23.7 Å². The van der Waals surface area contributed by atoms with E-state index in [2.05, 4.69) is 11.2 Å². The number of halogens is 2. The fourth-order valence-corrected chi connectivity index (χ4v) is 2.60. The van der Waals surface area contributed by atoms with Crippen LogP contribution in [0, 0.1) is 11.3 Å². The number of rotatable bonds is 4. The van der Waals surface area contributed by atoms with Crippen LogP contribution < -0.4 is 10.6 Å². The maximum atomic E-state index is 9.35. The van der Waals surface area contributed by atoms with Gasteiger partial charge >= 0.3 is 0 Å². The Labute approximate surface area is 133 Å². The number of anilines is 2. The van der Waals surface area contributed by atoms with Crippen molar-refractivity contribution in [3.63, 3.8) is 0 Å². The zero-order chi connectivity index (χ0) is 15.6. The van der Waals surface area contributed by atoms with E-state index in [0.717, 1.165) is 13.1 Å². The van der Waals surface area contributed by atoms with E-state index in [1.807, 2.05) is 18.7 Å². The third kappa shape index (κ3) is 2.78. The minimum Gasteiger partial charge on any atom is -0.382 e. The molecule has 1 heterocycles. The second-order valence-corrected chi connectivity index (χ2v) is 5.22. The average molecular weight is 324 g/mol. The molecule has 2 N–H and O–H groups in total. The van der Waals surface area contributed by atoms with Gasteiger partial charge < -0.3 is 10.6 Å². The Bertz CT molecular complexity index is 698. The second-order valence-electron chi connectivity index (χ2n) is 4.38. The monoisotopic (exact) mass is 323 g/mol. The summed E-state index contributed by atoms with van der Waals surface area (Å²) in [5.74, 6) is 0.828. The van der Waals surface area contributed by atoms with E-state index in [4.69, 9.17) is 28.9 Å². The molecular weight excluding hydrogens is 309 g/mol. The largest absolute Gasteiger partial charge is 0.382 e. The van der Waals surface area contributed by atoms with Crippen LogP contribution in [0.15, 0.2) is 18.2 Å². The van der Waals surface area contributed by atoms with Gasteiger partial charge in [0, 0.05) is 18.1 Å². The Morgan fingerprint density at radius 2 is 2.00 bits per heavy atom. The number of nitrogens with two attached hydrogens (primary N) is 1. The summed E-state index contributed by atoms with van der Waals surface area (Å²) in [5.41, 5.74) is 7.00. The topological polar surface area (TPSA) is 70.9 Å². The molecule has 0 spiro atoms. The number of hydrogen-bond acceptors (Lipinski definition) is 4. The quantitative estimate of drug-likeness (QED) is 0.935. The molecule has 7 heteroatoms. The highest BCUT2D eigenvalue weighted by Gasteiger charge is 2.21. The van der Waals surface area contributed by atoms with E-state index in [0.29, 0.717) is 27.1 Å². The molecule has 1 aromatic heterocycles. The first kappa shape index (κ1) is 15.5. The molecule has 0 bridgehead atoms. The Morgan fingerprint density at radius 3 is 2.52 bits per heavy atom. The van der Waals surface area contributed by atoms with E-state index in [1.54, 1.807) is 18.2 Å². The molecule has 21 heavy (non-hydrogen) atoms. The summed E-state index contributed by atoms with van der Waals surface area (Å²) in [6, 6.07) is 7.15. The van der Waals surface area contributed by atoms with Crippen LogP contribution in [0.1, 0.15) is 19.4 Å². The van der Waals surface area contributed by atoms with Crippen molar-refractivity contribution in [2.45, 2.75) is 13.8 Å². The smallest absolute Gasteiger partial charge is 0.171 e. The van der Waals surface area contributed by atoms with Gasteiger partial charge in [0.05, 0.1) is 10.7 Å². The summed E-state index contributed by atoms with van der Waals surface area (Å²) < 4.78 is 1.48. The average Bonchev–Trinajstić information content (AvgIpc) is 2.77. The van der Waals surface area contributed by atoms with Crippen molar-refractivity contribution in [1.82, 2.24) is 9.78 Å². The molecule has 110 valence electrons. The van der Waals surface area contributed by atoms with Gasteiger partial charge in [-0.25, -0.2) is 4.68 Å². The minimum absolute atomic E-state index is 0.267. The van der Waals surface area contributed by atoms with Crippen LogP contribution in [0.3, 0.4) is 0 Å². The van der Waals surface area contributed by atoms with Crippen LogP contribution in [0.5, 0.6) is 0 Å². The molecule has 0 saturated heterocycles. The van der Waals surface area contributed by atoms with Gasteiger partial charge in [0.25, 0.3) is 0 Å². The predicted molar refractivity (Wildman–Crippen MR) is 86.3 cm³/mol. The first-order valence-corrected chi connectivity index (χ1v) is 7.28. The molecule has 0 unspecified atom stereocenters. The van der Waals surface area contributed by atoms with Crippen LogP contribution in [0.2, 0.25) is 10.0 Å². The SMILES string of the molecule is CCN(CC)c1nn(-c2ccc(Cl)cc2Cl)c(N)c1C#N. The van der Waals surface area contributed by atoms with Gasteiger partial charge in [-0.15, -0.1) is 5.10 Å². The summed E-state index contributed by atoms with van der Waals surface area (Å²) in [7, 11) is 0. The number of nitriles is 1. The van der Waals surface area contributed by atoms with Gasteiger partial charge in [-0.05, 0) is 32.0 Å². The first-order valence-electron chi connectivity index (χ1n) is 6.52. The molecule has 0 saturated carbocycles. The predicted octanol–water partition coefficient (Wildman–Crippen LogP) is 3.48. The van der Waals surface area contributed by atoms with Crippen molar-refractivity contribution in [3.05, 3.63) is 33.8 Å². The van der Waals surface area contributed by atoms with E-state index in [-0.39, 0.29) is 5.82 Å². The molecule has 0 radical (unpaired) electrons. The standard InChI is InChI=1S/C14H15Cl2N5/c1-3-20(4-2)14-10(8-17)13(18)21(19-14)12-6-5-9(15)7-11(12)16/h5-7H,3-4,18H2,1-2H3. The maximum Gasteiger partial charge on any atom is 0.171 e. The summed E-state index contributed by atoms with van der Waals surface area (Å²) in [5, 5.41) is 14.7. The Hall–Kier alpha value is -1.90. The van der Waals surface area contributed by atoms with E-state index in [1.165, 1.54) is 4.68 Å². The lowest BCUT2D eigenvalue weighted by atomic mass is 10.3. The van der Waals surface area contributed by atoms with E-state index >= 15 is 0 Å². The summed E-state index contributed by atoms with van der Waals surface area (Å²) in [6.45, 7) is 5.45.